The second-order valence-electron chi connectivity index (χ2n) is 5.31. The summed E-state index contributed by atoms with van der Waals surface area (Å²) in [7, 11) is -3.65. The lowest BCUT2D eigenvalue weighted by molar-refractivity contribution is -0.117. The average molecular weight is 367 g/mol. The van der Waals surface area contributed by atoms with Gasteiger partial charge in [0.15, 0.2) is 0 Å². The van der Waals surface area contributed by atoms with Crippen LogP contribution in [0.25, 0.3) is 0 Å². The summed E-state index contributed by atoms with van der Waals surface area (Å²) in [5.41, 5.74) is 1.02. The third-order valence-electron chi connectivity index (χ3n) is 3.45. The highest BCUT2D eigenvalue weighted by Crippen LogP contribution is 2.25. The van der Waals surface area contributed by atoms with Crippen LogP contribution in [0.1, 0.15) is 13.3 Å². The number of hydrogen-bond donors (Lipinski definition) is 1. The second-order valence-corrected chi connectivity index (χ2v) is 7.61. The number of para-hydroxylation sites is 1. The number of sulfonamides is 1. The summed E-state index contributed by atoms with van der Waals surface area (Å²) in [5, 5.41) is 3.25. The van der Waals surface area contributed by atoms with E-state index in [1.165, 1.54) is 0 Å². The summed E-state index contributed by atoms with van der Waals surface area (Å²) in [6, 6.07) is 14.4. The molecule has 0 aliphatic rings. The van der Waals surface area contributed by atoms with Gasteiger partial charge >= 0.3 is 0 Å². The van der Waals surface area contributed by atoms with Gasteiger partial charge in [0.25, 0.3) is 0 Å². The Bertz CT molecular complexity index is 792. The second kappa shape index (κ2) is 7.68. The number of benzene rings is 2. The quantitative estimate of drug-likeness (QED) is 0.850. The minimum Gasteiger partial charge on any atom is -0.324 e. The van der Waals surface area contributed by atoms with E-state index >= 15 is 0 Å². The van der Waals surface area contributed by atoms with E-state index < -0.39 is 16.1 Å². The lowest BCUT2D eigenvalue weighted by Gasteiger charge is -2.30. The average Bonchev–Trinajstić information content (AvgIpc) is 2.53. The van der Waals surface area contributed by atoms with Gasteiger partial charge in [0.05, 0.1) is 11.9 Å². The van der Waals surface area contributed by atoms with E-state index in [2.05, 4.69) is 5.32 Å². The molecule has 128 valence electrons. The lowest BCUT2D eigenvalue weighted by Crippen LogP contribution is -2.46. The predicted molar refractivity (Wildman–Crippen MR) is 97.9 cm³/mol. The van der Waals surface area contributed by atoms with Crippen LogP contribution in [0.2, 0.25) is 5.02 Å². The maximum Gasteiger partial charge on any atom is 0.248 e. The Morgan fingerprint density at radius 1 is 1.12 bits per heavy atom. The molecule has 0 radical (unpaired) electrons. The number of anilines is 2. The zero-order valence-corrected chi connectivity index (χ0v) is 15.0. The van der Waals surface area contributed by atoms with Crippen LogP contribution in [0, 0.1) is 0 Å². The molecule has 0 aliphatic carbocycles. The maximum atomic E-state index is 12.6. The van der Waals surface area contributed by atoms with E-state index in [1.54, 1.807) is 55.5 Å². The van der Waals surface area contributed by atoms with Crippen molar-refractivity contribution in [3.8, 4) is 0 Å². The van der Waals surface area contributed by atoms with Gasteiger partial charge in [-0.3, -0.25) is 9.10 Å². The fourth-order valence-corrected chi connectivity index (χ4v) is 3.73. The fraction of sp³-hybridized carbons (Fsp3) is 0.235. The number of carbonyl (C=O) groups excluding carboxylic acids is 1. The van der Waals surface area contributed by atoms with Gasteiger partial charge in [-0.05, 0) is 42.8 Å². The molecule has 0 unspecified atom stereocenters. The van der Waals surface area contributed by atoms with E-state index in [4.69, 9.17) is 11.6 Å². The third kappa shape index (κ3) is 4.49. The summed E-state index contributed by atoms with van der Waals surface area (Å²) in [5.74, 6) is -0.385. The molecular weight excluding hydrogens is 348 g/mol. The summed E-state index contributed by atoms with van der Waals surface area (Å²) in [6.45, 7) is 1.77. The molecule has 5 nitrogen and oxygen atoms in total. The van der Waals surface area contributed by atoms with E-state index in [0.717, 1.165) is 10.6 Å². The van der Waals surface area contributed by atoms with Crippen LogP contribution in [-0.2, 0) is 14.8 Å². The lowest BCUT2D eigenvalue weighted by atomic mass is 10.2. The fourth-order valence-electron chi connectivity index (χ4n) is 2.40. The van der Waals surface area contributed by atoms with Gasteiger partial charge in [0, 0.05) is 10.7 Å². The van der Waals surface area contributed by atoms with Crippen LogP contribution in [0.4, 0.5) is 11.4 Å². The Morgan fingerprint density at radius 2 is 1.71 bits per heavy atom. The number of rotatable bonds is 6. The van der Waals surface area contributed by atoms with Gasteiger partial charge in [-0.2, -0.15) is 0 Å². The Kier molecular flexibility index (Phi) is 5.85. The normalized spacial score (nSPS) is 12.5. The van der Waals surface area contributed by atoms with Crippen LogP contribution in [0.3, 0.4) is 0 Å². The predicted octanol–water partition coefficient (Wildman–Crippen LogP) is 3.52. The minimum absolute atomic E-state index is 0.328. The molecule has 0 fully saturated rings. The number of carbonyl (C=O) groups is 1. The molecule has 2 rings (SSSR count). The van der Waals surface area contributed by atoms with Crippen molar-refractivity contribution >= 4 is 38.9 Å². The molecule has 1 N–H and O–H groups in total. The summed E-state index contributed by atoms with van der Waals surface area (Å²) in [6.07, 6.45) is 1.41. The molecule has 2 aromatic carbocycles. The van der Waals surface area contributed by atoms with Crippen molar-refractivity contribution in [3.05, 3.63) is 59.6 Å². The molecule has 0 aliphatic heterocycles. The van der Waals surface area contributed by atoms with Gasteiger partial charge in [-0.1, -0.05) is 36.7 Å². The van der Waals surface area contributed by atoms with Crippen molar-refractivity contribution in [1.29, 1.82) is 0 Å². The monoisotopic (exact) mass is 366 g/mol. The van der Waals surface area contributed by atoms with Crippen molar-refractivity contribution in [2.75, 3.05) is 15.9 Å². The molecule has 0 saturated heterocycles. The molecule has 0 saturated carbocycles. The van der Waals surface area contributed by atoms with Crippen molar-refractivity contribution in [2.45, 2.75) is 19.4 Å². The van der Waals surface area contributed by atoms with Crippen LogP contribution < -0.4 is 9.62 Å². The van der Waals surface area contributed by atoms with Crippen molar-refractivity contribution in [2.24, 2.45) is 0 Å². The number of nitrogens with one attached hydrogen (secondary N) is 1. The van der Waals surface area contributed by atoms with Gasteiger partial charge < -0.3 is 5.32 Å². The van der Waals surface area contributed by atoms with Crippen LogP contribution in [0.15, 0.2) is 54.6 Å². The summed E-state index contributed by atoms with van der Waals surface area (Å²) in [4.78, 5) is 12.6. The van der Waals surface area contributed by atoms with Crippen LogP contribution >= 0.6 is 11.6 Å². The number of hydrogen-bond acceptors (Lipinski definition) is 3. The first-order chi connectivity index (χ1) is 11.3. The van der Waals surface area contributed by atoms with E-state index in [1.807, 2.05) is 6.07 Å². The van der Waals surface area contributed by atoms with Crippen molar-refractivity contribution < 1.29 is 13.2 Å². The highest BCUT2D eigenvalue weighted by atomic mass is 35.5. The Hall–Kier alpha value is -2.05. The molecule has 0 spiro atoms. The Balaban J connectivity index is 2.35. The number of amides is 1. The third-order valence-corrected chi connectivity index (χ3v) is 4.88. The van der Waals surface area contributed by atoms with Crippen molar-refractivity contribution in [1.82, 2.24) is 0 Å². The molecule has 1 atom stereocenters. The standard InChI is InChI=1S/C17H19ClN2O3S/c1-3-16(17(21)19-14-7-5-4-6-8-14)20(24(2,22)23)15-11-9-13(18)10-12-15/h4-12,16H,3H2,1-2H3,(H,19,21)/t16-/m0/s1. The number of nitrogens with zero attached hydrogens (tertiary/aromatic N) is 1. The molecule has 0 heterocycles. The molecule has 1 amide bonds. The largest absolute Gasteiger partial charge is 0.324 e. The molecule has 24 heavy (non-hydrogen) atoms. The zero-order chi connectivity index (χ0) is 17.7. The maximum absolute atomic E-state index is 12.6. The van der Waals surface area contributed by atoms with E-state index in [-0.39, 0.29) is 5.91 Å². The Labute approximate surface area is 147 Å². The highest BCUT2D eigenvalue weighted by Gasteiger charge is 2.31. The van der Waals surface area contributed by atoms with E-state index in [0.29, 0.717) is 22.8 Å². The first-order valence-electron chi connectivity index (χ1n) is 7.44. The molecule has 2 aromatic rings. The molecule has 7 heteroatoms. The van der Waals surface area contributed by atoms with Gasteiger partial charge in [0.1, 0.15) is 6.04 Å². The first-order valence-corrected chi connectivity index (χ1v) is 9.66. The topological polar surface area (TPSA) is 66.5 Å². The SMILES string of the molecule is CC[C@@H](C(=O)Nc1ccccc1)N(c1ccc(Cl)cc1)S(C)(=O)=O. The molecular formula is C17H19ClN2O3S. The summed E-state index contributed by atoms with van der Waals surface area (Å²) < 4.78 is 25.7. The summed E-state index contributed by atoms with van der Waals surface area (Å²) >= 11 is 5.87. The van der Waals surface area contributed by atoms with Crippen LogP contribution in [-0.4, -0.2) is 26.6 Å². The minimum atomic E-state index is -3.65. The van der Waals surface area contributed by atoms with Crippen LogP contribution in [0.5, 0.6) is 0 Å². The van der Waals surface area contributed by atoms with Gasteiger partial charge in [-0.25, -0.2) is 8.42 Å². The van der Waals surface area contributed by atoms with E-state index in [9.17, 15) is 13.2 Å². The highest BCUT2D eigenvalue weighted by molar-refractivity contribution is 7.92. The van der Waals surface area contributed by atoms with Crippen molar-refractivity contribution in [3.63, 3.8) is 0 Å². The smallest absolute Gasteiger partial charge is 0.248 e. The Morgan fingerprint density at radius 3 is 2.21 bits per heavy atom. The zero-order valence-electron chi connectivity index (χ0n) is 13.4. The van der Waals surface area contributed by atoms with Gasteiger partial charge in [-0.15, -0.1) is 0 Å². The van der Waals surface area contributed by atoms with Gasteiger partial charge in [0.2, 0.25) is 15.9 Å². The molecule has 0 bridgehead atoms. The first kappa shape index (κ1) is 18.3. The molecule has 0 aromatic heterocycles. The number of halogens is 1.